The van der Waals surface area contributed by atoms with E-state index < -0.39 is 6.10 Å². The van der Waals surface area contributed by atoms with Crippen molar-refractivity contribution < 1.29 is 9.53 Å². The molecule has 0 unspecified atom stereocenters. The Morgan fingerprint density at radius 1 is 1.19 bits per heavy atom. The topological polar surface area (TPSA) is 56.6 Å². The van der Waals surface area contributed by atoms with Gasteiger partial charge in [0, 0.05) is 32.7 Å². The number of hydrogen-bond acceptors (Lipinski definition) is 4. The summed E-state index contributed by atoms with van der Waals surface area (Å²) in [4.78, 5) is 16.9. The summed E-state index contributed by atoms with van der Waals surface area (Å²) in [6.07, 6.45) is -0.629. The van der Waals surface area contributed by atoms with Crippen LogP contribution in [0.3, 0.4) is 0 Å². The molecule has 1 heterocycles. The third-order valence-corrected chi connectivity index (χ3v) is 4.94. The lowest BCUT2D eigenvalue weighted by atomic mass is 10.2. The van der Waals surface area contributed by atoms with Crippen LogP contribution >= 0.6 is 11.6 Å². The zero-order chi connectivity index (χ0) is 19.2. The molecule has 1 fully saturated rings. The summed E-state index contributed by atoms with van der Waals surface area (Å²) in [5, 5.41) is 9.23. The molecule has 1 amide bonds. The zero-order valence-corrected chi connectivity index (χ0v) is 16.0. The van der Waals surface area contributed by atoms with Crippen LogP contribution in [0.5, 0.6) is 5.75 Å². The van der Waals surface area contributed by atoms with E-state index in [9.17, 15) is 4.79 Å². The molecule has 0 aromatic heterocycles. The smallest absolute Gasteiger partial charge is 0.263 e. The van der Waals surface area contributed by atoms with Gasteiger partial charge in [-0.25, -0.2) is 0 Å². The van der Waals surface area contributed by atoms with E-state index in [1.165, 1.54) is 11.6 Å². The van der Waals surface area contributed by atoms with Crippen LogP contribution in [-0.4, -0.2) is 48.0 Å². The Labute approximate surface area is 164 Å². The van der Waals surface area contributed by atoms with E-state index in [2.05, 4.69) is 17.0 Å². The number of nitriles is 1. The molecule has 1 aliphatic rings. The van der Waals surface area contributed by atoms with Crippen LogP contribution in [0.15, 0.2) is 48.5 Å². The number of carbonyl (C=O) groups is 1. The molecule has 2 aromatic carbocycles. The molecule has 27 heavy (non-hydrogen) atoms. The third kappa shape index (κ3) is 5.00. The maximum atomic E-state index is 12.7. The quantitative estimate of drug-likeness (QED) is 0.794. The summed E-state index contributed by atoms with van der Waals surface area (Å²) in [6, 6.07) is 17.2. The van der Waals surface area contributed by atoms with Gasteiger partial charge in [-0.15, -0.1) is 0 Å². The highest BCUT2D eigenvalue weighted by Gasteiger charge is 2.26. The van der Waals surface area contributed by atoms with Crippen molar-refractivity contribution in [2.45, 2.75) is 19.6 Å². The Bertz CT molecular complexity index is 827. The number of halogens is 1. The first-order valence-corrected chi connectivity index (χ1v) is 9.36. The Morgan fingerprint density at radius 3 is 2.52 bits per heavy atom. The molecule has 6 heteroatoms. The van der Waals surface area contributed by atoms with Gasteiger partial charge in [-0.3, -0.25) is 9.69 Å². The lowest BCUT2D eigenvalue weighted by molar-refractivity contribution is -0.139. The monoisotopic (exact) mass is 383 g/mol. The molecule has 1 aliphatic heterocycles. The molecule has 3 rings (SSSR count). The van der Waals surface area contributed by atoms with Gasteiger partial charge in [-0.1, -0.05) is 41.9 Å². The Morgan fingerprint density at radius 2 is 1.89 bits per heavy atom. The van der Waals surface area contributed by atoms with Crippen LogP contribution in [0.1, 0.15) is 18.1 Å². The average molecular weight is 384 g/mol. The first kappa shape index (κ1) is 19.2. The molecule has 1 saturated heterocycles. The molecule has 0 saturated carbocycles. The fourth-order valence-corrected chi connectivity index (χ4v) is 3.36. The van der Waals surface area contributed by atoms with E-state index in [-0.39, 0.29) is 5.91 Å². The molecule has 0 N–H and O–H groups in total. The van der Waals surface area contributed by atoms with E-state index in [1.54, 1.807) is 19.1 Å². The second kappa shape index (κ2) is 8.90. The van der Waals surface area contributed by atoms with Crippen LogP contribution < -0.4 is 4.74 Å². The van der Waals surface area contributed by atoms with Crippen LogP contribution in [0.25, 0.3) is 0 Å². The maximum Gasteiger partial charge on any atom is 0.263 e. The van der Waals surface area contributed by atoms with Crippen LogP contribution in [0, 0.1) is 11.3 Å². The lowest BCUT2D eigenvalue weighted by Crippen LogP contribution is -2.51. The second-order valence-electron chi connectivity index (χ2n) is 6.60. The Hall–Kier alpha value is -2.55. The largest absolute Gasteiger partial charge is 0.479 e. The normalized spacial score (nSPS) is 15.8. The highest BCUT2D eigenvalue weighted by Crippen LogP contribution is 2.26. The summed E-state index contributed by atoms with van der Waals surface area (Å²) in [5.41, 5.74) is 1.74. The highest BCUT2D eigenvalue weighted by atomic mass is 35.5. The number of ether oxygens (including phenoxy) is 1. The van der Waals surface area contributed by atoms with E-state index in [4.69, 9.17) is 21.6 Å². The molecular formula is C21H22ClN3O2. The van der Waals surface area contributed by atoms with E-state index in [1.807, 2.05) is 29.2 Å². The van der Waals surface area contributed by atoms with E-state index >= 15 is 0 Å². The molecule has 2 aromatic rings. The fraction of sp³-hybridized carbons (Fsp3) is 0.333. The van der Waals surface area contributed by atoms with Gasteiger partial charge in [0.05, 0.1) is 16.7 Å². The molecule has 1 atom stereocenters. The van der Waals surface area contributed by atoms with Gasteiger partial charge in [0.2, 0.25) is 0 Å². The molecule has 0 bridgehead atoms. The summed E-state index contributed by atoms with van der Waals surface area (Å²) in [6.45, 7) is 5.67. The molecule has 0 aliphatic carbocycles. The van der Waals surface area contributed by atoms with Crippen molar-refractivity contribution in [3.63, 3.8) is 0 Å². The van der Waals surface area contributed by atoms with Crippen molar-refractivity contribution in [1.29, 1.82) is 5.26 Å². The van der Waals surface area contributed by atoms with E-state index in [0.29, 0.717) is 29.4 Å². The number of hydrogen-bond donors (Lipinski definition) is 0. The van der Waals surface area contributed by atoms with Gasteiger partial charge >= 0.3 is 0 Å². The van der Waals surface area contributed by atoms with Gasteiger partial charge < -0.3 is 9.64 Å². The number of rotatable bonds is 5. The molecule has 5 nitrogen and oxygen atoms in total. The van der Waals surface area contributed by atoms with Gasteiger partial charge in [-0.2, -0.15) is 5.26 Å². The van der Waals surface area contributed by atoms with Crippen molar-refractivity contribution >= 4 is 17.5 Å². The summed E-state index contributed by atoms with van der Waals surface area (Å²) >= 11 is 6.13. The SMILES string of the molecule is C[C@@H](Oc1ccc(C#N)cc1Cl)C(=O)N1CCN(Cc2ccccc2)CC1. The Kier molecular flexibility index (Phi) is 6.33. The van der Waals surface area contributed by atoms with Crippen LogP contribution in [0.2, 0.25) is 5.02 Å². The number of amides is 1. The summed E-state index contributed by atoms with van der Waals surface area (Å²) in [5.74, 6) is 0.369. The first-order chi connectivity index (χ1) is 13.1. The Balaban J connectivity index is 1.52. The minimum atomic E-state index is -0.629. The van der Waals surface area contributed by atoms with Crippen LogP contribution in [0.4, 0.5) is 0 Å². The standard InChI is InChI=1S/C21H22ClN3O2/c1-16(27-20-8-7-18(14-23)13-19(20)22)21(26)25-11-9-24(10-12-25)15-17-5-3-2-4-6-17/h2-8,13,16H,9-12,15H2,1H3/t16-/m1/s1. The number of carbonyl (C=O) groups excluding carboxylic acids is 1. The summed E-state index contributed by atoms with van der Waals surface area (Å²) in [7, 11) is 0. The zero-order valence-electron chi connectivity index (χ0n) is 15.3. The second-order valence-corrected chi connectivity index (χ2v) is 7.01. The molecule has 140 valence electrons. The van der Waals surface area contributed by atoms with Crippen molar-refractivity contribution in [2.75, 3.05) is 26.2 Å². The van der Waals surface area contributed by atoms with E-state index in [0.717, 1.165) is 19.6 Å². The minimum absolute atomic E-state index is 0.0465. The van der Waals surface area contributed by atoms with Gasteiger partial charge in [0.1, 0.15) is 5.75 Å². The van der Waals surface area contributed by atoms with Crippen molar-refractivity contribution in [3.8, 4) is 11.8 Å². The first-order valence-electron chi connectivity index (χ1n) is 8.98. The van der Waals surface area contributed by atoms with Crippen molar-refractivity contribution in [3.05, 3.63) is 64.7 Å². The fourth-order valence-electron chi connectivity index (χ4n) is 3.13. The highest BCUT2D eigenvalue weighted by molar-refractivity contribution is 6.32. The van der Waals surface area contributed by atoms with Gasteiger partial charge in [-0.05, 0) is 30.7 Å². The maximum absolute atomic E-state index is 12.7. The average Bonchev–Trinajstić information content (AvgIpc) is 2.70. The molecule has 0 spiro atoms. The predicted octanol–water partition coefficient (Wildman–Crippen LogP) is 3.32. The van der Waals surface area contributed by atoms with Crippen LogP contribution in [-0.2, 0) is 11.3 Å². The number of benzene rings is 2. The van der Waals surface area contributed by atoms with Crippen molar-refractivity contribution in [2.24, 2.45) is 0 Å². The molecule has 0 radical (unpaired) electrons. The minimum Gasteiger partial charge on any atom is -0.479 e. The number of nitrogens with zero attached hydrogens (tertiary/aromatic N) is 3. The summed E-state index contributed by atoms with van der Waals surface area (Å²) < 4.78 is 5.74. The predicted molar refractivity (Wildman–Crippen MR) is 105 cm³/mol. The molecular weight excluding hydrogens is 362 g/mol. The third-order valence-electron chi connectivity index (χ3n) is 4.65. The van der Waals surface area contributed by atoms with Gasteiger partial charge in [0.25, 0.3) is 5.91 Å². The number of piperazine rings is 1. The lowest BCUT2D eigenvalue weighted by Gasteiger charge is -2.36. The van der Waals surface area contributed by atoms with Gasteiger partial charge in [0.15, 0.2) is 6.10 Å². The van der Waals surface area contributed by atoms with Crippen molar-refractivity contribution in [1.82, 2.24) is 9.80 Å².